The molecule has 3 aliphatic carbocycles. The molecule has 0 aromatic heterocycles. The third-order valence-electron chi connectivity index (χ3n) is 6.41. The summed E-state index contributed by atoms with van der Waals surface area (Å²) in [7, 11) is 0. The molecular formula is C16H23NO3. The zero-order valence-electron chi connectivity index (χ0n) is 11.8. The second kappa shape index (κ2) is 4.47. The van der Waals surface area contributed by atoms with Crippen LogP contribution in [0, 0.1) is 35.5 Å². The highest BCUT2D eigenvalue weighted by Gasteiger charge is 2.67. The number of nitrogens with zero attached hydrogens (tertiary/aromatic N) is 1. The van der Waals surface area contributed by atoms with Crippen molar-refractivity contribution in [1.29, 1.82) is 0 Å². The molecule has 4 nitrogen and oxygen atoms in total. The molecule has 4 rings (SSSR count). The van der Waals surface area contributed by atoms with Gasteiger partial charge in [0.25, 0.3) is 0 Å². The average molecular weight is 277 g/mol. The van der Waals surface area contributed by atoms with E-state index in [-0.39, 0.29) is 12.3 Å². The van der Waals surface area contributed by atoms with E-state index in [9.17, 15) is 9.59 Å². The lowest BCUT2D eigenvalue weighted by Gasteiger charge is -2.32. The maximum atomic E-state index is 12.6. The van der Waals surface area contributed by atoms with Crippen molar-refractivity contribution in [3.8, 4) is 0 Å². The Morgan fingerprint density at radius 2 is 1.60 bits per heavy atom. The zero-order valence-corrected chi connectivity index (χ0v) is 11.8. The standard InChI is InChI=1S/C16H23NO3/c18-12(19)7-9-3-5-17(6-4-9)16(20)15-13-10-1-2-11(8-10)14(13)15/h9-11,13-15H,1-8H2,(H,18,19). The van der Waals surface area contributed by atoms with Crippen LogP contribution in [0.2, 0.25) is 0 Å². The number of aliphatic carboxylic acids is 1. The molecule has 0 spiro atoms. The zero-order chi connectivity index (χ0) is 13.9. The fraction of sp³-hybridized carbons (Fsp3) is 0.875. The van der Waals surface area contributed by atoms with E-state index in [0.717, 1.165) is 49.6 Å². The summed E-state index contributed by atoms with van der Waals surface area (Å²) in [6, 6.07) is 0. The van der Waals surface area contributed by atoms with E-state index in [0.29, 0.717) is 11.8 Å². The van der Waals surface area contributed by atoms with Gasteiger partial charge in [-0.15, -0.1) is 0 Å². The lowest BCUT2D eigenvalue weighted by Crippen LogP contribution is -2.40. The summed E-state index contributed by atoms with van der Waals surface area (Å²) in [5.74, 6) is 3.44. The van der Waals surface area contributed by atoms with E-state index in [2.05, 4.69) is 0 Å². The van der Waals surface area contributed by atoms with Crippen LogP contribution in [-0.2, 0) is 9.59 Å². The summed E-state index contributed by atoms with van der Waals surface area (Å²) in [5, 5.41) is 8.83. The Hall–Kier alpha value is -1.06. The Morgan fingerprint density at radius 1 is 1.00 bits per heavy atom. The quantitative estimate of drug-likeness (QED) is 0.858. The summed E-state index contributed by atoms with van der Waals surface area (Å²) in [5.41, 5.74) is 0. The molecule has 3 saturated carbocycles. The van der Waals surface area contributed by atoms with Crippen LogP contribution in [0.5, 0.6) is 0 Å². The van der Waals surface area contributed by atoms with E-state index in [1.807, 2.05) is 4.90 Å². The largest absolute Gasteiger partial charge is 0.481 e. The minimum atomic E-state index is -0.705. The van der Waals surface area contributed by atoms with Gasteiger partial charge in [0.05, 0.1) is 0 Å². The van der Waals surface area contributed by atoms with Crippen molar-refractivity contribution in [2.75, 3.05) is 13.1 Å². The van der Waals surface area contributed by atoms with E-state index < -0.39 is 5.97 Å². The van der Waals surface area contributed by atoms with Crippen LogP contribution in [0.1, 0.15) is 38.5 Å². The summed E-state index contributed by atoms with van der Waals surface area (Å²) in [4.78, 5) is 25.4. The van der Waals surface area contributed by atoms with Crippen molar-refractivity contribution in [2.45, 2.75) is 38.5 Å². The fourth-order valence-corrected chi connectivity index (χ4v) is 5.47. The van der Waals surface area contributed by atoms with Crippen molar-refractivity contribution >= 4 is 11.9 Å². The molecule has 1 amide bonds. The smallest absolute Gasteiger partial charge is 0.303 e. The van der Waals surface area contributed by atoms with Crippen LogP contribution in [0.25, 0.3) is 0 Å². The third kappa shape index (κ3) is 1.87. The van der Waals surface area contributed by atoms with Gasteiger partial charge in [-0.05, 0) is 61.7 Å². The number of hydrogen-bond acceptors (Lipinski definition) is 2. The molecule has 4 heteroatoms. The van der Waals surface area contributed by atoms with Gasteiger partial charge in [0.15, 0.2) is 0 Å². The Balaban J connectivity index is 1.32. The minimum Gasteiger partial charge on any atom is -0.481 e. The molecule has 1 N–H and O–H groups in total. The lowest BCUT2D eigenvalue weighted by atomic mass is 9.93. The predicted molar refractivity (Wildman–Crippen MR) is 72.9 cm³/mol. The first-order valence-electron chi connectivity index (χ1n) is 8.15. The molecule has 0 radical (unpaired) electrons. The lowest BCUT2D eigenvalue weighted by molar-refractivity contribution is -0.139. The third-order valence-corrected chi connectivity index (χ3v) is 6.41. The van der Waals surface area contributed by atoms with E-state index in [1.54, 1.807) is 0 Å². The molecule has 20 heavy (non-hydrogen) atoms. The Labute approximate surface area is 119 Å². The number of carboxylic acid groups (broad SMARTS) is 1. The monoisotopic (exact) mass is 277 g/mol. The topological polar surface area (TPSA) is 57.6 Å². The van der Waals surface area contributed by atoms with Crippen molar-refractivity contribution in [3.05, 3.63) is 0 Å². The van der Waals surface area contributed by atoms with E-state index >= 15 is 0 Å². The summed E-state index contributed by atoms with van der Waals surface area (Å²) in [6.07, 6.45) is 6.10. The molecule has 4 fully saturated rings. The molecule has 110 valence electrons. The summed E-state index contributed by atoms with van der Waals surface area (Å²) < 4.78 is 0. The van der Waals surface area contributed by atoms with Gasteiger partial charge < -0.3 is 10.0 Å². The van der Waals surface area contributed by atoms with Gasteiger partial charge in [-0.3, -0.25) is 9.59 Å². The molecule has 0 aromatic rings. The number of likely N-dealkylation sites (tertiary alicyclic amines) is 1. The van der Waals surface area contributed by atoms with E-state index in [1.165, 1.54) is 19.3 Å². The maximum Gasteiger partial charge on any atom is 0.303 e. The van der Waals surface area contributed by atoms with Crippen molar-refractivity contribution in [2.24, 2.45) is 35.5 Å². The van der Waals surface area contributed by atoms with Gasteiger partial charge in [-0.1, -0.05) is 0 Å². The molecule has 1 heterocycles. The van der Waals surface area contributed by atoms with Gasteiger partial charge in [-0.2, -0.15) is 0 Å². The number of piperidine rings is 1. The molecule has 4 atom stereocenters. The maximum absolute atomic E-state index is 12.6. The van der Waals surface area contributed by atoms with Gasteiger partial charge in [0, 0.05) is 25.4 Å². The summed E-state index contributed by atoms with van der Waals surface area (Å²) in [6.45, 7) is 1.56. The molecule has 2 bridgehead atoms. The number of fused-ring (bicyclic) bond motifs is 5. The second-order valence-corrected chi connectivity index (χ2v) is 7.38. The van der Waals surface area contributed by atoms with Crippen LogP contribution in [0.15, 0.2) is 0 Å². The first-order valence-corrected chi connectivity index (χ1v) is 8.15. The Bertz CT molecular complexity index is 425. The molecular weight excluding hydrogens is 254 g/mol. The number of carbonyl (C=O) groups is 2. The number of hydrogen-bond donors (Lipinski definition) is 1. The number of rotatable bonds is 3. The molecule has 4 aliphatic rings. The van der Waals surface area contributed by atoms with Crippen LogP contribution in [0.4, 0.5) is 0 Å². The number of amides is 1. The van der Waals surface area contributed by atoms with Crippen LogP contribution < -0.4 is 0 Å². The highest BCUT2D eigenvalue weighted by molar-refractivity contribution is 5.83. The Kier molecular flexibility index (Phi) is 2.83. The first-order chi connectivity index (χ1) is 9.65. The normalized spacial score (nSPS) is 42.6. The molecule has 4 unspecified atom stereocenters. The van der Waals surface area contributed by atoms with Crippen LogP contribution >= 0.6 is 0 Å². The molecule has 0 aromatic carbocycles. The van der Waals surface area contributed by atoms with Crippen molar-refractivity contribution < 1.29 is 14.7 Å². The second-order valence-electron chi connectivity index (χ2n) is 7.38. The van der Waals surface area contributed by atoms with Gasteiger partial charge in [0.1, 0.15) is 0 Å². The number of carboxylic acids is 1. The van der Waals surface area contributed by atoms with Gasteiger partial charge in [0.2, 0.25) is 5.91 Å². The molecule has 1 aliphatic heterocycles. The fourth-order valence-electron chi connectivity index (χ4n) is 5.47. The molecule has 1 saturated heterocycles. The van der Waals surface area contributed by atoms with Gasteiger partial charge in [-0.25, -0.2) is 0 Å². The average Bonchev–Trinajstić information content (AvgIpc) is 2.86. The van der Waals surface area contributed by atoms with Crippen molar-refractivity contribution in [1.82, 2.24) is 4.90 Å². The van der Waals surface area contributed by atoms with Gasteiger partial charge >= 0.3 is 5.97 Å². The van der Waals surface area contributed by atoms with Crippen LogP contribution in [-0.4, -0.2) is 35.0 Å². The SMILES string of the molecule is O=C(O)CC1CCN(C(=O)C2C3C4CCC(C4)C23)CC1. The highest BCUT2D eigenvalue weighted by atomic mass is 16.4. The number of carbonyl (C=O) groups excluding carboxylic acids is 1. The van der Waals surface area contributed by atoms with Crippen LogP contribution in [0.3, 0.4) is 0 Å². The highest BCUT2D eigenvalue weighted by Crippen LogP contribution is 2.69. The Morgan fingerprint density at radius 3 is 2.15 bits per heavy atom. The van der Waals surface area contributed by atoms with Crippen molar-refractivity contribution in [3.63, 3.8) is 0 Å². The predicted octanol–water partition coefficient (Wildman–Crippen LogP) is 1.99. The minimum absolute atomic E-state index is 0.265. The summed E-state index contributed by atoms with van der Waals surface area (Å²) >= 11 is 0. The first kappa shape index (κ1) is 12.7. The van der Waals surface area contributed by atoms with E-state index in [4.69, 9.17) is 5.11 Å².